The molecule has 0 fully saturated rings. The molecule has 0 spiro atoms. The van der Waals surface area contributed by atoms with Gasteiger partial charge in [-0.25, -0.2) is 0 Å². The summed E-state index contributed by atoms with van der Waals surface area (Å²) in [4.78, 5) is 0. The van der Waals surface area contributed by atoms with Gasteiger partial charge in [0, 0.05) is 0 Å². The highest BCUT2D eigenvalue weighted by molar-refractivity contribution is 6.58. The van der Waals surface area contributed by atoms with Crippen LogP contribution in [0.3, 0.4) is 0 Å². The maximum Gasteiger partial charge on any atom is 0.0779 e. The molecular formula is C12H18Si. The largest absolute Gasteiger partial charge is 0.100 e. The van der Waals surface area contributed by atoms with Crippen LogP contribution in [-0.2, 0) is 0 Å². The van der Waals surface area contributed by atoms with Crippen molar-refractivity contribution in [1.82, 2.24) is 0 Å². The second-order valence-corrected chi connectivity index (χ2v) is 5.00. The van der Waals surface area contributed by atoms with E-state index in [1.165, 1.54) is 24.4 Å². The summed E-state index contributed by atoms with van der Waals surface area (Å²) in [6.45, 7) is 2.24. The number of hydrogen-bond acceptors (Lipinski definition) is 0. The molecule has 0 atom stereocenters. The Bertz CT molecular complexity index is 239. The topological polar surface area (TPSA) is 0 Å². The molecule has 0 aliphatic rings. The Kier molecular flexibility index (Phi) is 5.26. The molecule has 0 amide bonds. The maximum atomic E-state index is 2.41. The van der Waals surface area contributed by atoms with Crippen molar-refractivity contribution < 1.29 is 0 Å². The summed E-state index contributed by atoms with van der Waals surface area (Å²) in [6, 6.07) is 10.8. The first-order chi connectivity index (χ1) is 6.43. The van der Waals surface area contributed by atoms with E-state index in [-0.39, 0.29) is 9.52 Å². The fourth-order valence-electron chi connectivity index (χ4n) is 1.27. The zero-order chi connectivity index (χ0) is 9.36. The summed E-state index contributed by atoms with van der Waals surface area (Å²) in [5, 5.41) is 1.54. The molecule has 70 valence electrons. The molecule has 0 saturated heterocycles. The minimum Gasteiger partial charge on any atom is -0.100 e. The van der Waals surface area contributed by atoms with Gasteiger partial charge in [0.2, 0.25) is 0 Å². The van der Waals surface area contributed by atoms with Crippen LogP contribution < -0.4 is 5.19 Å². The lowest BCUT2D eigenvalue weighted by atomic mass is 10.2. The first-order valence-electron chi connectivity index (χ1n) is 5.12. The molecule has 1 rings (SSSR count). The zero-order valence-electron chi connectivity index (χ0n) is 8.37. The zero-order valence-corrected chi connectivity index (χ0v) is 9.78. The number of unbranched alkanes of at least 4 members (excludes halogenated alkanes) is 2. The van der Waals surface area contributed by atoms with Crippen molar-refractivity contribution in [2.45, 2.75) is 26.2 Å². The third-order valence-corrected chi connectivity index (χ3v) is 3.60. The van der Waals surface area contributed by atoms with Crippen LogP contribution in [-0.4, -0.2) is 9.52 Å². The van der Waals surface area contributed by atoms with Gasteiger partial charge in [-0.15, -0.1) is 5.70 Å². The lowest BCUT2D eigenvalue weighted by molar-refractivity contribution is 0.815. The molecule has 0 saturated carbocycles. The van der Waals surface area contributed by atoms with Gasteiger partial charge in [0.25, 0.3) is 0 Å². The minimum absolute atomic E-state index is 0.120. The number of allylic oxidation sites excluding steroid dienone is 1. The van der Waals surface area contributed by atoms with Crippen LogP contribution in [0.4, 0.5) is 0 Å². The molecule has 1 heteroatoms. The molecular weight excluding hydrogens is 172 g/mol. The van der Waals surface area contributed by atoms with Crippen LogP contribution in [0.5, 0.6) is 0 Å². The highest BCUT2D eigenvalue weighted by atomic mass is 28.2. The van der Waals surface area contributed by atoms with E-state index in [0.29, 0.717) is 0 Å². The van der Waals surface area contributed by atoms with E-state index in [2.05, 4.69) is 49.0 Å². The van der Waals surface area contributed by atoms with Gasteiger partial charge in [-0.3, -0.25) is 0 Å². The Morgan fingerprint density at radius 3 is 2.69 bits per heavy atom. The average Bonchev–Trinajstić information content (AvgIpc) is 2.19. The van der Waals surface area contributed by atoms with Gasteiger partial charge in [-0.05, 0) is 6.42 Å². The number of rotatable bonds is 5. The van der Waals surface area contributed by atoms with Crippen molar-refractivity contribution in [3.8, 4) is 0 Å². The van der Waals surface area contributed by atoms with E-state index in [0.717, 1.165) is 0 Å². The predicted molar refractivity (Wildman–Crippen MR) is 63.3 cm³/mol. The molecule has 1 aromatic carbocycles. The van der Waals surface area contributed by atoms with E-state index in [1.54, 1.807) is 0 Å². The van der Waals surface area contributed by atoms with Crippen molar-refractivity contribution in [1.29, 1.82) is 0 Å². The fraction of sp³-hybridized carbons (Fsp3) is 0.333. The lowest BCUT2D eigenvalue weighted by Crippen LogP contribution is -2.10. The van der Waals surface area contributed by atoms with E-state index in [4.69, 9.17) is 0 Å². The van der Waals surface area contributed by atoms with E-state index >= 15 is 0 Å². The van der Waals surface area contributed by atoms with Crippen molar-refractivity contribution in [3.05, 3.63) is 42.1 Å². The van der Waals surface area contributed by atoms with Crippen LogP contribution in [0, 0.1) is 0 Å². The molecule has 0 aliphatic heterocycles. The monoisotopic (exact) mass is 190 g/mol. The summed E-state index contributed by atoms with van der Waals surface area (Å²) >= 11 is 0. The fourth-order valence-corrected chi connectivity index (χ4v) is 2.49. The standard InChI is InChI=1S/C12H18Si/c1-2-3-4-8-11-13-12-9-6-5-7-10-12/h5-11H,2-4,13H2,1H3/b11-8+. The smallest absolute Gasteiger partial charge is 0.0779 e. The maximum absolute atomic E-state index is 2.41. The summed E-state index contributed by atoms with van der Waals surface area (Å²) in [5.41, 5.74) is 2.41. The summed E-state index contributed by atoms with van der Waals surface area (Å²) in [5.74, 6) is 0. The predicted octanol–water partition coefficient (Wildman–Crippen LogP) is 2.18. The van der Waals surface area contributed by atoms with Gasteiger partial charge in [-0.2, -0.15) is 0 Å². The Labute approximate surface area is 83.5 Å². The average molecular weight is 190 g/mol. The van der Waals surface area contributed by atoms with Crippen LogP contribution in [0.1, 0.15) is 26.2 Å². The second kappa shape index (κ2) is 6.67. The second-order valence-electron chi connectivity index (χ2n) is 3.30. The van der Waals surface area contributed by atoms with Crippen molar-refractivity contribution in [2.24, 2.45) is 0 Å². The molecule has 0 bridgehead atoms. The summed E-state index contributed by atoms with van der Waals surface area (Å²) in [6.07, 6.45) is 6.25. The van der Waals surface area contributed by atoms with Crippen molar-refractivity contribution in [3.63, 3.8) is 0 Å². The van der Waals surface area contributed by atoms with Crippen LogP contribution >= 0.6 is 0 Å². The molecule has 0 heterocycles. The van der Waals surface area contributed by atoms with Gasteiger partial charge in [0.1, 0.15) is 0 Å². The summed E-state index contributed by atoms with van der Waals surface area (Å²) in [7, 11) is -0.120. The van der Waals surface area contributed by atoms with Crippen molar-refractivity contribution >= 4 is 14.7 Å². The van der Waals surface area contributed by atoms with Gasteiger partial charge >= 0.3 is 0 Å². The number of benzene rings is 1. The van der Waals surface area contributed by atoms with Gasteiger partial charge in [0.15, 0.2) is 0 Å². The van der Waals surface area contributed by atoms with Crippen LogP contribution in [0.25, 0.3) is 0 Å². The molecule has 0 aliphatic carbocycles. The highest BCUT2D eigenvalue weighted by Crippen LogP contribution is 1.94. The minimum atomic E-state index is -0.120. The Hall–Kier alpha value is -0.823. The van der Waals surface area contributed by atoms with E-state index in [9.17, 15) is 0 Å². The Balaban J connectivity index is 2.23. The lowest BCUT2D eigenvalue weighted by Gasteiger charge is -1.93. The normalized spacial score (nSPS) is 11.8. The molecule has 1 aromatic rings. The third kappa shape index (κ3) is 4.68. The van der Waals surface area contributed by atoms with Crippen LogP contribution in [0.2, 0.25) is 0 Å². The number of hydrogen-bond donors (Lipinski definition) is 0. The first kappa shape index (κ1) is 10.3. The molecule has 0 aromatic heterocycles. The van der Waals surface area contributed by atoms with E-state index < -0.39 is 0 Å². The SMILES string of the molecule is CCCC/C=C/[SiH2]c1ccccc1. The quantitative estimate of drug-likeness (QED) is 0.493. The molecule has 13 heavy (non-hydrogen) atoms. The van der Waals surface area contributed by atoms with Gasteiger partial charge in [0.05, 0.1) is 9.52 Å². The Morgan fingerprint density at radius 2 is 2.00 bits per heavy atom. The van der Waals surface area contributed by atoms with Crippen LogP contribution in [0.15, 0.2) is 42.1 Å². The third-order valence-electron chi connectivity index (χ3n) is 2.09. The molecule has 0 N–H and O–H groups in total. The molecule has 0 radical (unpaired) electrons. The van der Waals surface area contributed by atoms with E-state index in [1.807, 2.05) is 0 Å². The van der Waals surface area contributed by atoms with Crippen molar-refractivity contribution in [2.75, 3.05) is 0 Å². The van der Waals surface area contributed by atoms with Gasteiger partial charge in [-0.1, -0.05) is 61.4 Å². The molecule has 0 unspecified atom stereocenters. The summed E-state index contributed by atoms with van der Waals surface area (Å²) < 4.78 is 0. The molecule has 0 nitrogen and oxygen atoms in total. The van der Waals surface area contributed by atoms with Gasteiger partial charge < -0.3 is 0 Å². The first-order valence-corrected chi connectivity index (χ1v) is 6.64. The highest BCUT2D eigenvalue weighted by Gasteiger charge is 1.86. The Morgan fingerprint density at radius 1 is 1.23 bits per heavy atom.